The Bertz CT molecular complexity index is 1310. The van der Waals surface area contributed by atoms with E-state index in [1.807, 2.05) is 24.3 Å². The van der Waals surface area contributed by atoms with E-state index in [0.717, 1.165) is 0 Å². The summed E-state index contributed by atoms with van der Waals surface area (Å²) in [6.45, 7) is 0. The summed E-state index contributed by atoms with van der Waals surface area (Å²) in [6, 6.07) is 26.5. The number of nitrogens with one attached hydrogen (secondary N) is 1. The molecule has 1 aliphatic heterocycles. The monoisotopic (exact) mass is 439 g/mol. The summed E-state index contributed by atoms with van der Waals surface area (Å²) in [6.07, 6.45) is -1.26. The van der Waals surface area contributed by atoms with E-state index < -0.39 is 17.9 Å². The smallest absolute Gasteiger partial charge is 0.341 e. The van der Waals surface area contributed by atoms with Crippen molar-refractivity contribution in [3.05, 3.63) is 96.6 Å². The summed E-state index contributed by atoms with van der Waals surface area (Å²) in [5.41, 5.74) is 1.59. The Labute approximate surface area is 188 Å². The Morgan fingerprint density at radius 3 is 2.12 bits per heavy atom. The largest absolute Gasteiger partial charge is 0.440 e. The molecule has 2 amide bonds. The second-order valence-electron chi connectivity index (χ2n) is 7.00. The van der Waals surface area contributed by atoms with Gasteiger partial charge in [0.05, 0.1) is 11.4 Å². The molecule has 1 unspecified atom stereocenters. The third kappa shape index (κ3) is 4.04. The first-order valence-electron chi connectivity index (χ1n) is 10.0. The second kappa shape index (κ2) is 8.71. The van der Waals surface area contributed by atoms with Crippen LogP contribution in [0.3, 0.4) is 0 Å². The van der Waals surface area contributed by atoms with Gasteiger partial charge in [-0.2, -0.15) is 9.69 Å². The number of nitrogens with zero attached hydrogens (tertiary/aromatic N) is 6. The Morgan fingerprint density at radius 2 is 1.45 bits per heavy atom. The average molecular weight is 439 g/mol. The molecule has 0 saturated carbocycles. The lowest BCUT2D eigenvalue weighted by Crippen LogP contribution is -2.44. The summed E-state index contributed by atoms with van der Waals surface area (Å²) >= 11 is 0. The van der Waals surface area contributed by atoms with E-state index in [9.17, 15) is 9.59 Å². The molecule has 2 heterocycles. The van der Waals surface area contributed by atoms with Gasteiger partial charge < -0.3 is 10.1 Å². The molecule has 1 aliphatic rings. The van der Waals surface area contributed by atoms with Crippen molar-refractivity contribution < 1.29 is 14.3 Å². The van der Waals surface area contributed by atoms with Crippen LogP contribution >= 0.6 is 0 Å². The standard InChI is InChI=1S/C23H17N7O3/c31-21(16-10-4-1-5-11-16)24-20-19(22(32)29(26-20)17-12-6-2-7-13-17)33-23-25-27-28-30(23)18-14-8-3-9-15-18/h1-15,19H,(H,24,26,31). The summed E-state index contributed by atoms with van der Waals surface area (Å²) < 4.78 is 7.26. The number of para-hydroxylation sites is 2. The van der Waals surface area contributed by atoms with E-state index in [4.69, 9.17) is 4.74 Å². The van der Waals surface area contributed by atoms with Gasteiger partial charge in [0.1, 0.15) is 0 Å². The molecule has 33 heavy (non-hydrogen) atoms. The fraction of sp³-hybridized carbons (Fsp3) is 0.0435. The van der Waals surface area contributed by atoms with Gasteiger partial charge in [0.15, 0.2) is 5.84 Å². The van der Waals surface area contributed by atoms with Crippen molar-refractivity contribution in [3.8, 4) is 11.7 Å². The van der Waals surface area contributed by atoms with Gasteiger partial charge in [-0.1, -0.05) is 59.7 Å². The number of hydrogen-bond donors (Lipinski definition) is 1. The third-order valence-electron chi connectivity index (χ3n) is 4.83. The summed E-state index contributed by atoms with van der Waals surface area (Å²) in [4.78, 5) is 26.0. The predicted octanol–water partition coefficient (Wildman–Crippen LogP) is 2.20. The molecule has 0 spiro atoms. The van der Waals surface area contributed by atoms with Crippen LogP contribution in [-0.4, -0.2) is 44.0 Å². The molecule has 162 valence electrons. The number of carbonyl (C=O) groups is 2. The quantitative estimate of drug-likeness (QED) is 0.510. The number of aromatic nitrogens is 4. The molecular weight excluding hydrogens is 422 g/mol. The molecule has 0 fully saturated rings. The number of hydrogen-bond acceptors (Lipinski definition) is 7. The molecule has 10 heteroatoms. The van der Waals surface area contributed by atoms with E-state index in [1.54, 1.807) is 66.7 Å². The van der Waals surface area contributed by atoms with Gasteiger partial charge in [-0.05, 0) is 46.8 Å². The van der Waals surface area contributed by atoms with Gasteiger partial charge >= 0.3 is 6.01 Å². The van der Waals surface area contributed by atoms with Crippen molar-refractivity contribution in [3.63, 3.8) is 0 Å². The molecule has 4 aromatic rings. The summed E-state index contributed by atoms with van der Waals surface area (Å²) in [5, 5.41) is 19.7. The number of benzene rings is 3. The first kappa shape index (κ1) is 20.1. The molecule has 5 rings (SSSR count). The molecule has 1 atom stereocenters. The maximum atomic E-state index is 13.3. The highest BCUT2D eigenvalue weighted by molar-refractivity contribution is 6.22. The number of amides is 2. The highest BCUT2D eigenvalue weighted by Crippen LogP contribution is 2.23. The van der Waals surface area contributed by atoms with Crippen LogP contribution in [0.25, 0.3) is 5.69 Å². The summed E-state index contributed by atoms with van der Waals surface area (Å²) in [7, 11) is 0. The Morgan fingerprint density at radius 1 is 0.848 bits per heavy atom. The molecule has 0 bridgehead atoms. The predicted molar refractivity (Wildman–Crippen MR) is 119 cm³/mol. The zero-order valence-electron chi connectivity index (χ0n) is 17.1. The lowest BCUT2D eigenvalue weighted by molar-refractivity contribution is -0.122. The van der Waals surface area contributed by atoms with Crippen LogP contribution in [0, 0.1) is 0 Å². The minimum Gasteiger partial charge on any atom is -0.440 e. The Balaban J connectivity index is 1.47. The van der Waals surface area contributed by atoms with Crippen LogP contribution in [0.5, 0.6) is 6.01 Å². The zero-order valence-corrected chi connectivity index (χ0v) is 17.1. The van der Waals surface area contributed by atoms with E-state index in [1.165, 1.54) is 9.69 Å². The highest BCUT2D eigenvalue weighted by Gasteiger charge is 2.41. The van der Waals surface area contributed by atoms with Crippen LogP contribution in [0.15, 0.2) is 96.1 Å². The molecule has 0 saturated heterocycles. The minimum atomic E-state index is -1.26. The van der Waals surface area contributed by atoms with Crippen molar-refractivity contribution in [1.29, 1.82) is 0 Å². The number of rotatable bonds is 5. The second-order valence-corrected chi connectivity index (χ2v) is 7.00. The topological polar surface area (TPSA) is 115 Å². The molecule has 0 aliphatic carbocycles. The molecule has 3 aromatic carbocycles. The number of tetrazole rings is 1. The van der Waals surface area contributed by atoms with Gasteiger partial charge in [-0.25, -0.2) is 0 Å². The van der Waals surface area contributed by atoms with Crippen molar-refractivity contribution in [2.45, 2.75) is 6.10 Å². The Kier molecular flexibility index (Phi) is 5.30. The number of ether oxygens (including phenoxy) is 1. The number of anilines is 1. The van der Waals surface area contributed by atoms with E-state index in [0.29, 0.717) is 16.9 Å². The number of hydrazone groups is 1. The van der Waals surface area contributed by atoms with E-state index in [2.05, 4.69) is 25.9 Å². The van der Waals surface area contributed by atoms with Crippen molar-refractivity contribution in [2.24, 2.45) is 5.10 Å². The van der Waals surface area contributed by atoms with Crippen LogP contribution in [0.2, 0.25) is 0 Å². The number of amidine groups is 1. The lowest BCUT2D eigenvalue weighted by atomic mass is 10.2. The summed E-state index contributed by atoms with van der Waals surface area (Å²) in [5.74, 6) is -0.888. The van der Waals surface area contributed by atoms with Crippen LogP contribution in [0.4, 0.5) is 5.69 Å². The van der Waals surface area contributed by atoms with Gasteiger partial charge in [-0.15, -0.1) is 5.10 Å². The fourth-order valence-electron chi connectivity index (χ4n) is 3.26. The van der Waals surface area contributed by atoms with Crippen LogP contribution in [0.1, 0.15) is 10.4 Å². The minimum absolute atomic E-state index is 0.0175. The van der Waals surface area contributed by atoms with Gasteiger partial charge in [0.2, 0.25) is 6.10 Å². The first-order chi connectivity index (χ1) is 16.2. The average Bonchev–Trinajstić information content (AvgIpc) is 3.46. The molecule has 10 nitrogen and oxygen atoms in total. The molecule has 1 N–H and O–H groups in total. The van der Waals surface area contributed by atoms with Crippen LogP contribution in [-0.2, 0) is 4.79 Å². The van der Waals surface area contributed by atoms with Crippen molar-refractivity contribution in [1.82, 2.24) is 25.5 Å². The fourth-order valence-corrected chi connectivity index (χ4v) is 3.26. The van der Waals surface area contributed by atoms with Crippen LogP contribution < -0.4 is 15.1 Å². The van der Waals surface area contributed by atoms with E-state index >= 15 is 0 Å². The number of carbonyl (C=O) groups excluding carboxylic acids is 2. The SMILES string of the molecule is O=C(NC1=NN(c2ccccc2)C(=O)C1Oc1nnnn1-c1ccccc1)c1ccccc1. The molecule has 0 radical (unpaired) electrons. The highest BCUT2D eigenvalue weighted by atomic mass is 16.5. The lowest BCUT2D eigenvalue weighted by Gasteiger charge is -2.15. The normalized spacial score (nSPS) is 15.3. The Hall–Kier alpha value is -4.86. The maximum Gasteiger partial charge on any atom is 0.341 e. The van der Waals surface area contributed by atoms with Gasteiger partial charge in [0.25, 0.3) is 11.8 Å². The maximum absolute atomic E-state index is 13.3. The van der Waals surface area contributed by atoms with Gasteiger partial charge in [-0.3, -0.25) is 9.59 Å². The zero-order chi connectivity index (χ0) is 22.6. The van der Waals surface area contributed by atoms with Crippen molar-refractivity contribution >= 4 is 23.3 Å². The van der Waals surface area contributed by atoms with Crippen molar-refractivity contribution in [2.75, 3.05) is 5.01 Å². The van der Waals surface area contributed by atoms with Gasteiger partial charge in [0, 0.05) is 5.56 Å². The van der Waals surface area contributed by atoms with E-state index in [-0.39, 0.29) is 11.8 Å². The molecular formula is C23H17N7O3. The molecule has 1 aromatic heterocycles. The first-order valence-corrected chi connectivity index (χ1v) is 10.0. The third-order valence-corrected chi connectivity index (χ3v) is 4.83.